The molecule has 66 valence electrons. The van der Waals surface area contributed by atoms with E-state index in [-0.39, 0.29) is 12.4 Å². The van der Waals surface area contributed by atoms with Crippen molar-refractivity contribution < 1.29 is 10.2 Å². The molecule has 12 heavy (non-hydrogen) atoms. The number of aliphatic hydroxyl groups is 1. The molecule has 4 heteroatoms. The maximum atomic E-state index is 9.40. The summed E-state index contributed by atoms with van der Waals surface area (Å²) in [6, 6.07) is 4.68. The minimum Gasteiger partial charge on any atom is -0.508 e. The van der Waals surface area contributed by atoms with Crippen molar-refractivity contribution in [3.8, 4) is 5.75 Å². The van der Waals surface area contributed by atoms with Gasteiger partial charge in [0, 0.05) is 9.13 Å². The van der Waals surface area contributed by atoms with Gasteiger partial charge >= 0.3 is 0 Å². The van der Waals surface area contributed by atoms with Gasteiger partial charge in [0.2, 0.25) is 0 Å². The molecule has 0 fully saturated rings. The number of phenolic OH excluding ortho intramolecular Hbond substituents is 1. The van der Waals surface area contributed by atoms with Crippen LogP contribution in [-0.2, 0) is 0 Å². The van der Waals surface area contributed by atoms with E-state index in [9.17, 15) is 5.11 Å². The molecule has 1 rings (SSSR count). The van der Waals surface area contributed by atoms with Crippen LogP contribution in [0.5, 0.6) is 5.75 Å². The Kier molecular flexibility index (Phi) is 3.30. The number of hydrogen-bond donors (Lipinski definition) is 3. The normalized spacial score (nSPS) is 12.9. The minimum absolute atomic E-state index is 0.142. The lowest BCUT2D eigenvalue weighted by molar-refractivity contribution is 0.265. The van der Waals surface area contributed by atoms with Crippen molar-refractivity contribution in [3.63, 3.8) is 0 Å². The lowest BCUT2D eigenvalue weighted by Gasteiger charge is -2.10. The highest BCUT2D eigenvalue weighted by molar-refractivity contribution is 14.1. The van der Waals surface area contributed by atoms with E-state index in [1.165, 1.54) is 0 Å². The average Bonchev–Trinajstić information content (AvgIpc) is 2.03. The second-order valence-corrected chi connectivity index (χ2v) is 3.74. The molecule has 1 atom stereocenters. The van der Waals surface area contributed by atoms with Gasteiger partial charge < -0.3 is 15.9 Å². The van der Waals surface area contributed by atoms with E-state index < -0.39 is 6.04 Å². The zero-order valence-corrected chi connectivity index (χ0v) is 8.52. The van der Waals surface area contributed by atoms with Crippen LogP contribution >= 0.6 is 22.6 Å². The molecule has 0 saturated carbocycles. The Balaban J connectivity index is 3.01. The summed E-state index contributed by atoms with van der Waals surface area (Å²) in [5.41, 5.74) is 6.11. The third-order valence-electron chi connectivity index (χ3n) is 1.59. The van der Waals surface area contributed by atoms with E-state index >= 15 is 0 Å². The van der Waals surface area contributed by atoms with Crippen molar-refractivity contribution >= 4 is 22.6 Å². The summed E-state index contributed by atoms with van der Waals surface area (Å²) in [7, 11) is 0. The number of aromatic hydroxyl groups is 1. The van der Waals surface area contributed by atoms with E-state index in [4.69, 9.17) is 10.8 Å². The highest BCUT2D eigenvalue weighted by atomic mass is 127. The SMILES string of the molecule is N[C@H](CO)c1ccc(I)cc1O. The van der Waals surface area contributed by atoms with Crippen molar-refractivity contribution in [1.29, 1.82) is 0 Å². The van der Waals surface area contributed by atoms with Gasteiger partial charge in [-0.05, 0) is 34.7 Å². The first-order valence-corrected chi connectivity index (χ1v) is 4.58. The number of hydrogen-bond acceptors (Lipinski definition) is 3. The van der Waals surface area contributed by atoms with Gasteiger partial charge in [-0.2, -0.15) is 0 Å². The summed E-state index contributed by atoms with van der Waals surface area (Å²) in [4.78, 5) is 0. The lowest BCUT2D eigenvalue weighted by Crippen LogP contribution is -2.14. The van der Waals surface area contributed by atoms with Crippen LogP contribution in [0.2, 0.25) is 0 Å². The molecule has 0 aliphatic heterocycles. The molecule has 0 saturated heterocycles. The van der Waals surface area contributed by atoms with E-state index in [1.54, 1.807) is 12.1 Å². The molecule has 0 unspecified atom stereocenters. The van der Waals surface area contributed by atoms with Crippen molar-refractivity contribution in [1.82, 2.24) is 0 Å². The van der Waals surface area contributed by atoms with Crippen LogP contribution in [0.1, 0.15) is 11.6 Å². The Bertz CT molecular complexity index is 278. The molecule has 0 radical (unpaired) electrons. The second kappa shape index (κ2) is 4.06. The van der Waals surface area contributed by atoms with E-state index in [0.717, 1.165) is 3.57 Å². The molecular formula is C8H10INO2. The van der Waals surface area contributed by atoms with E-state index in [0.29, 0.717) is 5.56 Å². The number of phenols is 1. The van der Waals surface area contributed by atoms with Crippen molar-refractivity contribution in [2.45, 2.75) is 6.04 Å². The molecule has 0 aliphatic carbocycles. The van der Waals surface area contributed by atoms with Crippen LogP contribution in [0.4, 0.5) is 0 Å². The zero-order valence-electron chi connectivity index (χ0n) is 6.37. The minimum atomic E-state index is -0.498. The molecule has 4 N–H and O–H groups in total. The first-order valence-electron chi connectivity index (χ1n) is 3.50. The van der Waals surface area contributed by atoms with Gasteiger partial charge in [0.05, 0.1) is 12.6 Å². The maximum Gasteiger partial charge on any atom is 0.121 e. The van der Waals surface area contributed by atoms with Crippen molar-refractivity contribution in [2.75, 3.05) is 6.61 Å². The highest BCUT2D eigenvalue weighted by Gasteiger charge is 2.08. The third kappa shape index (κ3) is 2.09. The summed E-state index contributed by atoms with van der Waals surface area (Å²) in [5, 5.41) is 18.1. The molecule has 0 aromatic heterocycles. The summed E-state index contributed by atoms with van der Waals surface area (Å²) in [5.74, 6) is 0.142. The Hall–Kier alpha value is -0.330. The molecule has 0 amide bonds. The topological polar surface area (TPSA) is 66.5 Å². The van der Waals surface area contributed by atoms with Crippen LogP contribution in [0, 0.1) is 3.57 Å². The third-order valence-corrected chi connectivity index (χ3v) is 2.26. The van der Waals surface area contributed by atoms with Crippen LogP contribution in [0.15, 0.2) is 18.2 Å². The second-order valence-electron chi connectivity index (χ2n) is 2.49. The van der Waals surface area contributed by atoms with E-state index in [1.807, 2.05) is 6.07 Å². The molecule has 3 nitrogen and oxygen atoms in total. The first kappa shape index (κ1) is 9.76. The molecule has 0 heterocycles. The Morgan fingerprint density at radius 2 is 2.17 bits per heavy atom. The first-order chi connectivity index (χ1) is 5.65. The van der Waals surface area contributed by atoms with Gasteiger partial charge in [0.15, 0.2) is 0 Å². The van der Waals surface area contributed by atoms with Gasteiger partial charge in [-0.3, -0.25) is 0 Å². The van der Waals surface area contributed by atoms with Crippen LogP contribution in [-0.4, -0.2) is 16.8 Å². The fraction of sp³-hybridized carbons (Fsp3) is 0.250. The van der Waals surface area contributed by atoms with Gasteiger partial charge in [-0.1, -0.05) is 6.07 Å². The van der Waals surface area contributed by atoms with E-state index in [2.05, 4.69) is 22.6 Å². The monoisotopic (exact) mass is 279 g/mol. The molecule has 1 aromatic rings. The predicted octanol–water partition coefficient (Wildman–Crippen LogP) is 0.989. The molecule has 0 spiro atoms. The zero-order chi connectivity index (χ0) is 9.14. The number of nitrogens with two attached hydrogens (primary N) is 1. The lowest BCUT2D eigenvalue weighted by atomic mass is 10.1. The highest BCUT2D eigenvalue weighted by Crippen LogP contribution is 2.24. The predicted molar refractivity (Wildman–Crippen MR) is 54.8 cm³/mol. The smallest absolute Gasteiger partial charge is 0.121 e. The summed E-state index contributed by atoms with van der Waals surface area (Å²) < 4.78 is 0.944. The van der Waals surface area contributed by atoms with Crippen molar-refractivity contribution in [2.24, 2.45) is 5.73 Å². The largest absolute Gasteiger partial charge is 0.508 e. The molecule has 0 bridgehead atoms. The Labute approximate surface area is 84.4 Å². The molecule has 0 aliphatic rings. The van der Waals surface area contributed by atoms with Crippen LogP contribution < -0.4 is 5.73 Å². The Morgan fingerprint density at radius 3 is 2.67 bits per heavy atom. The fourth-order valence-corrected chi connectivity index (χ4v) is 1.40. The van der Waals surface area contributed by atoms with Gasteiger partial charge in [-0.15, -0.1) is 0 Å². The number of benzene rings is 1. The summed E-state index contributed by atoms with van der Waals surface area (Å²) >= 11 is 2.09. The fourth-order valence-electron chi connectivity index (χ4n) is 0.929. The summed E-state index contributed by atoms with van der Waals surface area (Å²) in [6.45, 7) is -0.159. The molecular weight excluding hydrogens is 269 g/mol. The standard InChI is InChI=1S/C8H10INO2/c9-5-1-2-6(7(10)4-11)8(12)3-5/h1-3,7,11-12H,4,10H2/t7-/m1/s1. The van der Waals surface area contributed by atoms with Crippen LogP contribution in [0.25, 0.3) is 0 Å². The van der Waals surface area contributed by atoms with Gasteiger partial charge in [-0.25, -0.2) is 0 Å². The van der Waals surface area contributed by atoms with Gasteiger partial charge in [0.1, 0.15) is 5.75 Å². The number of aliphatic hydroxyl groups excluding tert-OH is 1. The quantitative estimate of drug-likeness (QED) is 0.707. The summed E-state index contributed by atoms with van der Waals surface area (Å²) in [6.07, 6.45) is 0. The maximum absolute atomic E-state index is 9.40. The number of rotatable bonds is 2. The average molecular weight is 279 g/mol. The van der Waals surface area contributed by atoms with Crippen molar-refractivity contribution in [3.05, 3.63) is 27.3 Å². The van der Waals surface area contributed by atoms with Gasteiger partial charge in [0.25, 0.3) is 0 Å². The number of halogens is 1. The Morgan fingerprint density at radius 1 is 1.50 bits per heavy atom. The molecule has 1 aromatic carbocycles. The van der Waals surface area contributed by atoms with Crippen LogP contribution in [0.3, 0.4) is 0 Å².